The van der Waals surface area contributed by atoms with E-state index < -0.39 is 5.97 Å². The molecular formula is C23H17NO5S3. The van der Waals surface area contributed by atoms with Crippen LogP contribution < -0.4 is 19.1 Å². The minimum atomic E-state index is -0.452. The second-order valence-corrected chi connectivity index (χ2v) is 9.12. The van der Waals surface area contributed by atoms with Crippen LogP contribution in [0.1, 0.15) is 15.2 Å². The van der Waals surface area contributed by atoms with Crippen molar-refractivity contribution in [2.45, 2.75) is 0 Å². The number of benzene rings is 2. The summed E-state index contributed by atoms with van der Waals surface area (Å²) in [5.41, 5.74) is 1.39. The number of rotatable bonds is 6. The van der Waals surface area contributed by atoms with Crippen molar-refractivity contribution < 1.29 is 23.8 Å². The van der Waals surface area contributed by atoms with Crippen molar-refractivity contribution in [2.75, 3.05) is 19.1 Å². The molecule has 32 heavy (non-hydrogen) atoms. The third-order valence-electron chi connectivity index (χ3n) is 4.53. The van der Waals surface area contributed by atoms with Gasteiger partial charge in [-0.25, -0.2) is 4.79 Å². The molecule has 2 aromatic carbocycles. The predicted octanol–water partition coefficient (Wildman–Crippen LogP) is 5.39. The number of anilines is 1. The summed E-state index contributed by atoms with van der Waals surface area (Å²) in [7, 11) is 3.07. The molecule has 0 aliphatic carbocycles. The molecule has 162 valence electrons. The quantitative estimate of drug-likeness (QED) is 0.202. The van der Waals surface area contributed by atoms with Crippen molar-refractivity contribution in [3.05, 3.63) is 75.3 Å². The molecule has 0 atom stereocenters. The van der Waals surface area contributed by atoms with Gasteiger partial charge in [-0.05, 0) is 59.5 Å². The Labute approximate surface area is 198 Å². The lowest BCUT2D eigenvalue weighted by molar-refractivity contribution is -0.113. The minimum Gasteiger partial charge on any atom is -0.497 e. The molecule has 2 heterocycles. The lowest BCUT2D eigenvalue weighted by Gasteiger charge is -2.14. The van der Waals surface area contributed by atoms with Crippen molar-refractivity contribution in [3.63, 3.8) is 0 Å². The van der Waals surface area contributed by atoms with Crippen LogP contribution in [0.2, 0.25) is 0 Å². The fourth-order valence-corrected chi connectivity index (χ4v) is 4.87. The molecule has 9 heteroatoms. The molecule has 0 bridgehead atoms. The lowest BCUT2D eigenvalue weighted by Crippen LogP contribution is -2.27. The number of ether oxygens (including phenoxy) is 3. The van der Waals surface area contributed by atoms with Gasteiger partial charge in [-0.3, -0.25) is 9.69 Å². The molecule has 4 rings (SSSR count). The lowest BCUT2D eigenvalue weighted by atomic mass is 10.1. The van der Waals surface area contributed by atoms with E-state index in [-0.39, 0.29) is 5.91 Å². The average Bonchev–Trinajstić information content (AvgIpc) is 3.43. The molecule has 1 aliphatic rings. The minimum absolute atomic E-state index is 0.211. The van der Waals surface area contributed by atoms with Crippen LogP contribution in [0, 0.1) is 0 Å². The van der Waals surface area contributed by atoms with E-state index >= 15 is 0 Å². The SMILES string of the molecule is COc1ccc(N2C(=O)/C(=C/c3ccc(OC(=O)c4cccs4)c(OC)c3)SC2=S)cc1. The van der Waals surface area contributed by atoms with Crippen molar-refractivity contribution in [1.82, 2.24) is 0 Å². The molecule has 1 aliphatic heterocycles. The fourth-order valence-electron chi connectivity index (χ4n) is 2.98. The van der Waals surface area contributed by atoms with Gasteiger partial charge in [0.25, 0.3) is 5.91 Å². The Morgan fingerprint density at radius 3 is 2.47 bits per heavy atom. The fraction of sp³-hybridized carbons (Fsp3) is 0.0870. The maximum Gasteiger partial charge on any atom is 0.353 e. The highest BCUT2D eigenvalue weighted by molar-refractivity contribution is 8.27. The second kappa shape index (κ2) is 9.56. The van der Waals surface area contributed by atoms with Gasteiger partial charge in [0.15, 0.2) is 15.8 Å². The van der Waals surface area contributed by atoms with E-state index in [2.05, 4.69) is 0 Å². The Kier molecular flexibility index (Phi) is 6.59. The zero-order valence-electron chi connectivity index (χ0n) is 17.1. The molecule has 0 spiro atoms. The predicted molar refractivity (Wildman–Crippen MR) is 131 cm³/mol. The Hall–Kier alpha value is -3.14. The first-order chi connectivity index (χ1) is 15.5. The standard InChI is InChI=1S/C23H17NO5S3/c1-27-16-8-6-15(7-9-16)24-21(25)20(32-23(24)30)13-14-5-10-17(18(12-14)28-2)29-22(26)19-4-3-11-31-19/h3-13H,1-2H3/b20-13-. The van der Waals surface area contributed by atoms with Crippen LogP contribution in [0.25, 0.3) is 6.08 Å². The summed E-state index contributed by atoms with van der Waals surface area (Å²) in [6.45, 7) is 0. The number of hydrogen-bond acceptors (Lipinski definition) is 8. The normalized spacial score (nSPS) is 14.7. The number of thiocarbonyl (C=S) groups is 1. The van der Waals surface area contributed by atoms with E-state index in [0.29, 0.717) is 42.6 Å². The zero-order chi connectivity index (χ0) is 22.7. The highest BCUT2D eigenvalue weighted by Gasteiger charge is 2.33. The summed E-state index contributed by atoms with van der Waals surface area (Å²) in [5.74, 6) is 0.716. The van der Waals surface area contributed by atoms with Crippen LogP contribution in [0.3, 0.4) is 0 Å². The molecule has 6 nitrogen and oxygen atoms in total. The van der Waals surface area contributed by atoms with Gasteiger partial charge in [0.2, 0.25) is 0 Å². The van der Waals surface area contributed by atoms with Crippen LogP contribution >= 0.6 is 35.3 Å². The number of thiophene rings is 1. The topological polar surface area (TPSA) is 65.1 Å². The largest absolute Gasteiger partial charge is 0.497 e. The maximum atomic E-state index is 13.0. The van der Waals surface area contributed by atoms with Crippen LogP contribution in [0.5, 0.6) is 17.2 Å². The first kappa shape index (κ1) is 22.1. The number of thioether (sulfide) groups is 1. The Balaban J connectivity index is 1.56. The van der Waals surface area contributed by atoms with E-state index in [1.165, 1.54) is 35.1 Å². The number of methoxy groups -OCH3 is 2. The van der Waals surface area contributed by atoms with E-state index in [1.807, 2.05) is 0 Å². The third-order valence-corrected chi connectivity index (χ3v) is 6.69. The van der Waals surface area contributed by atoms with Crippen LogP contribution in [-0.4, -0.2) is 30.4 Å². The van der Waals surface area contributed by atoms with Gasteiger partial charge in [-0.1, -0.05) is 36.1 Å². The number of hydrogen-bond donors (Lipinski definition) is 0. The van der Waals surface area contributed by atoms with Gasteiger partial charge >= 0.3 is 5.97 Å². The summed E-state index contributed by atoms with van der Waals surface area (Å²) < 4.78 is 16.4. The summed E-state index contributed by atoms with van der Waals surface area (Å²) >= 11 is 7.95. The molecule has 1 fully saturated rings. The van der Waals surface area contributed by atoms with E-state index in [9.17, 15) is 9.59 Å². The highest BCUT2D eigenvalue weighted by Crippen LogP contribution is 2.37. The number of nitrogens with zero attached hydrogens (tertiary/aromatic N) is 1. The Morgan fingerprint density at radius 2 is 1.81 bits per heavy atom. The molecular weight excluding hydrogens is 466 g/mol. The van der Waals surface area contributed by atoms with Crippen LogP contribution in [-0.2, 0) is 4.79 Å². The average molecular weight is 484 g/mol. The molecule has 1 saturated heterocycles. The van der Waals surface area contributed by atoms with Crippen LogP contribution in [0.15, 0.2) is 64.9 Å². The van der Waals surface area contributed by atoms with Crippen LogP contribution in [0.4, 0.5) is 5.69 Å². The van der Waals surface area contributed by atoms with Gasteiger partial charge in [-0.15, -0.1) is 11.3 Å². The Morgan fingerprint density at radius 1 is 1.03 bits per heavy atom. The molecule has 1 aromatic heterocycles. The Bertz CT molecular complexity index is 1200. The van der Waals surface area contributed by atoms with Crippen molar-refractivity contribution in [3.8, 4) is 17.2 Å². The number of amides is 1. The molecule has 0 radical (unpaired) electrons. The van der Waals surface area contributed by atoms with Gasteiger partial charge in [-0.2, -0.15) is 0 Å². The molecule has 0 saturated carbocycles. The first-order valence-corrected chi connectivity index (χ1v) is 11.5. The van der Waals surface area contributed by atoms with E-state index in [0.717, 1.165) is 0 Å². The summed E-state index contributed by atoms with van der Waals surface area (Å²) in [4.78, 5) is 27.7. The molecule has 0 N–H and O–H groups in total. The van der Waals surface area contributed by atoms with Gasteiger partial charge < -0.3 is 14.2 Å². The summed E-state index contributed by atoms with van der Waals surface area (Å²) in [5, 5.41) is 1.80. The highest BCUT2D eigenvalue weighted by atomic mass is 32.2. The van der Waals surface area contributed by atoms with E-state index in [4.69, 9.17) is 26.4 Å². The number of esters is 1. The van der Waals surface area contributed by atoms with Gasteiger partial charge in [0.1, 0.15) is 10.6 Å². The van der Waals surface area contributed by atoms with E-state index in [1.54, 1.807) is 73.2 Å². The number of carbonyl (C=O) groups is 2. The molecule has 1 amide bonds. The third kappa shape index (κ3) is 4.55. The van der Waals surface area contributed by atoms with Gasteiger partial charge in [0, 0.05) is 0 Å². The van der Waals surface area contributed by atoms with Crippen molar-refractivity contribution in [2.24, 2.45) is 0 Å². The second-order valence-electron chi connectivity index (χ2n) is 6.49. The summed E-state index contributed by atoms with van der Waals surface area (Å²) in [6, 6.07) is 15.7. The number of carbonyl (C=O) groups excluding carboxylic acids is 2. The molecule has 0 unspecified atom stereocenters. The molecule has 3 aromatic rings. The smallest absolute Gasteiger partial charge is 0.353 e. The van der Waals surface area contributed by atoms with Crippen molar-refractivity contribution in [1.29, 1.82) is 0 Å². The zero-order valence-corrected chi connectivity index (χ0v) is 19.5. The first-order valence-electron chi connectivity index (χ1n) is 9.36. The van der Waals surface area contributed by atoms with Crippen molar-refractivity contribution >= 4 is 63.3 Å². The maximum absolute atomic E-state index is 13.0. The summed E-state index contributed by atoms with van der Waals surface area (Å²) in [6.07, 6.45) is 1.73. The van der Waals surface area contributed by atoms with Gasteiger partial charge in [0.05, 0.1) is 24.8 Å². The monoisotopic (exact) mass is 483 g/mol.